The molecule has 0 radical (unpaired) electrons. The van der Waals surface area contributed by atoms with Crippen molar-refractivity contribution in [2.45, 2.75) is 309 Å². The number of hydrogen-bond donors (Lipinski definition) is 0. The summed E-state index contributed by atoms with van der Waals surface area (Å²) < 4.78 is 16.9. The van der Waals surface area contributed by atoms with E-state index in [4.69, 9.17) is 14.2 Å². The Balaban J connectivity index is 4.44. The molecule has 0 N–H and O–H groups in total. The Bertz CT molecular complexity index is 1480. The van der Waals surface area contributed by atoms with Crippen LogP contribution in [0.1, 0.15) is 303 Å². The highest BCUT2D eigenvalue weighted by Gasteiger charge is 2.19. The maximum absolute atomic E-state index is 12.9. The molecule has 0 aliphatic rings. The van der Waals surface area contributed by atoms with Crippen molar-refractivity contribution in [2.24, 2.45) is 0 Å². The second-order valence-corrected chi connectivity index (χ2v) is 20.9. The number of hydrogen-bond acceptors (Lipinski definition) is 6. The lowest BCUT2D eigenvalue weighted by Gasteiger charge is -2.18. The largest absolute Gasteiger partial charge is 0.462 e. The topological polar surface area (TPSA) is 78.9 Å². The summed E-state index contributed by atoms with van der Waals surface area (Å²) in [5, 5.41) is 0. The summed E-state index contributed by atoms with van der Waals surface area (Å²) in [6, 6.07) is 0. The zero-order chi connectivity index (χ0) is 54.3. The number of allylic oxidation sites excluding steroid dienone is 16. The first-order valence-electron chi connectivity index (χ1n) is 31.7. The van der Waals surface area contributed by atoms with Gasteiger partial charge in [0.15, 0.2) is 6.10 Å². The number of esters is 3. The van der Waals surface area contributed by atoms with Crippen LogP contribution in [0.15, 0.2) is 97.2 Å². The molecule has 1 atom stereocenters. The molecular formula is C69H118O6. The summed E-state index contributed by atoms with van der Waals surface area (Å²) in [4.78, 5) is 38.3. The third kappa shape index (κ3) is 61.1. The van der Waals surface area contributed by atoms with Crippen LogP contribution in [0.2, 0.25) is 0 Å². The van der Waals surface area contributed by atoms with Crippen molar-refractivity contribution in [2.75, 3.05) is 13.2 Å². The van der Waals surface area contributed by atoms with Gasteiger partial charge in [-0.1, -0.05) is 285 Å². The molecule has 0 rings (SSSR count). The number of carbonyl (C=O) groups is 3. The average Bonchev–Trinajstić information content (AvgIpc) is 3.41. The molecule has 0 aromatic carbocycles. The van der Waals surface area contributed by atoms with Gasteiger partial charge < -0.3 is 14.2 Å². The fourth-order valence-corrected chi connectivity index (χ4v) is 8.84. The van der Waals surface area contributed by atoms with Crippen LogP contribution in [-0.2, 0) is 28.6 Å². The van der Waals surface area contributed by atoms with E-state index in [-0.39, 0.29) is 37.5 Å². The van der Waals surface area contributed by atoms with Gasteiger partial charge in [0, 0.05) is 19.3 Å². The SMILES string of the molecule is CC/C=C\C/C=C\C/C=C\C/C=C\C/C=C\CCCC(=O)OC(COC(=O)CCCCCCCCCC/C=C\C/C=C\C/C=C\CCCCCCC)COC(=O)CCCCCCCCCCCCCCCCCCC. The highest BCUT2D eigenvalue weighted by atomic mass is 16.6. The van der Waals surface area contributed by atoms with E-state index in [2.05, 4.69) is 118 Å². The molecule has 0 fully saturated rings. The zero-order valence-electron chi connectivity index (χ0n) is 49.3. The number of carbonyl (C=O) groups excluding carboxylic acids is 3. The van der Waals surface area contributed by atoms with Crippen molar-refractivity contribution in [1.29, 1.82) is 0 Å². The Morgan fingerprint density at radius 1 is 0.280 bits per heavy atom. The monoisotopic (exact) mass is 1040 g/mol. The van der Waals surface area contributed by atoms with Crippen molar-refractivity contribution in [3.63, 3.8) is 0 Å². The van der Waals surface area contributed by atoms with Crippen LogP contribution in [0.5, 0.6) is 0 Å². The molecular weight excluding hydrogens is 925 g/mol. The van der Waals surface area contributed by atoms with Crippen LogP contribution in [0.25, 0.3) is 0 Å². The van der Waals surface area contributed by atoms with Crippen molar-refractivity contribution in [3.05, 3.63) is 97.2 Å². The number of unbranched alkanes of at least 4 members (excludes halogenated alkanes) is 30. The van der Waals surface area contributed by atoms with Gasteiger partial charge in [0.05, 0.1) is 0 Å². The van der Waals surface area contributed by atoms with E-state index in [0.29, 0.717) is 19.3 Å². The molecule has 6 nitrogen and oxygen atoms in total. The second-order valence-electron chi connectivity index (χ2n) is 20.9. The van der Waals surface area contributed by atoms with Gasteiger partial charge in [0.25, 0.3) is 0 Å². The molecule has 0 heterocycles. The quantitative estimate of drug-likeness (QED) is 0.0261. The number of rotatable bonds is 57. The van der Waals surface area contributed by atoms with Crippen molar-refractivity contribution >= 4 is 17.9 Å². The fraction of sp³-hybridized carbons (Fsp3) is 0.725. The number of ether oxygens (including phenoxy) is 3. The fourth-order valence-electron chi connectivity index (χ4n) is 8.84. The van der Waals surface area contributed by atoms with Crippen LogP contribution in [0, 0.1) is 0 Å². The minimum absolute atomic E-state index is 0.101. The maximum atomic E-state index is 12.9. The van der Waals surface area contributed by atoms with Crippen LogP contribution >= 0.6 is 0 Å². The van der Waals surface area contributed by atoms with Crippen LogP contribution in [-0.4, -0.2) is 37.2 Å². The van der Waals surface area contributed by atoms with Crippen molar-refractivity contribution < 1.29 is 28.6 Å². The molecule has 0 amide bonds. The lowest BCUT2D eigenvalue weighted by Crippen LogP contribution is -2.30. The Hall–Kier alpha value is -3.67. The van der Waals surface area contributed by atoms with E-state index in [9.17, 15) is 14.4 Å². The highest BCUT2D eigenvalue weighted by molar-refractivity contribution is 5.71. The highest BCUT2D eigenvalue weighted by Crippen LogP contribution is 2.16. The van der Waals surface area contributed by atoms with Crippen LogP contribution in [0.3, 0.4) is 0 Å². The van der Waals surface area contributed by atoms with Gasteiger partial charge >= 0.3 is 17.9 Å². The summed E-state index contributed by atoms with van der Waals surface area (Å²) in [5.74, 6) is -0.957. The molecule has 0 spiro atoms. The summed E-state index contributed by atoms with van der Waals surface area (Å²) in [6.07, 6.45) is 84.1. The second kappa shape index (κ2) is 62.9. The van der Waals surface area contributed by atoms with Crippen LogP contribution < -0.4 is 0 Å². The molecule has 0 saturated carbocycles. The molecule has 0 aliphatic heterocycles. The standard InChI is InChI=1S/C69H118O6/c1-4-7-10-13-16-19-22-25-28-31-32-33-34-35-36-39-41-44-47-50-53-56-59-62-68(71)74-65-66(75-69(72)63-60-57-54-51-48-45-42-38-30-27-24-21-18-15-12-9-6-3)64-73-67(70)61-58-55-52-49-46-43-40-37-29-26-23-20-17-14-11-8-5-2/h9,12,18,21-22,25,27,30-32,34-35,42,45,51,54,66H,4-8,10-11,13-17,19-20,23-24,26,28-29,33,36-41,43-44,46-50,52-53,55-65H2,1-3H3/b12-9-,21-18-,25-22-,30-27-,32-31-,35-34-,45-42-,54-51-. The third-order valence-corrected chi connectivity index (χ3v) is 13.6. The van der Waals surface area contributed by atoms with E-state index in [0.717, 1.165) is 96.3 Å². The molecule has 1 unspecified atom stereocenters. The Labute approximate surface area is 464 Å². The van der Waals surface area contributed by atoms with Gasteiger partial charge in [-0.3, -0.25) is 14.4 Å². The third-order valence-electron chi connectivity index (χ3n) is 13.6. The minimum atomic E-state index is -0.811. The van der Waals surface area contributed by atoms with Gasteiger partial charge in [-0.05, 0) is 96.3 Å². The lowest BCUT2D eigenvalue weighted by molar-refractivity contribution is -0.167. The summed E-state index contributed by atoms with van der Waals surface area (Å²) >= 11 is 0. The Morgan fingerprint density at radius 3 is 0.853 bits per heavy atom. The molecule has 0 aromatic rings. The summed E-state index contributed by atoms with van der Waals surface area (Å²) in [7, 11) is 0. The first-order chi connectivity index (χ1) is 37.0. The summed E-state index contributed by atoms with van der Waals surface area (Å²) in [6.45, 7) is 6.49. The van der Waals surface area contributed by atoms with Gasteiger partial charge in [-0.25, -0.2) is 0 Å². The lowest BCUT2D eigenvalue weighted by atomic mass is 10.0. The molecule has 75 heavy (non-hydrogen) atoms. The van der Waals surface area contributed by atoms with Crippen LogP contribution in [0.4, 0.5) is 0 Å². The van der Waals surface area contributed by atoms with Gasteiger partial charge in [0.1, 0.15) is 13.2 Å². The maximum Gasteiger partial charge on any atom is 0.306 e. The average molecular weight is 1040 g/mol. The molecule has 430 valence electrons. The first kappa shape index (κ1) is 71.3. The van der Waals surface area contributed by atoms with Crippen molar-refractivity contribution in [1.82, 2.24) is 0 Å². The van der Waals surface area contributed by atoms with E-state index in [1.54, 1.807) is 0 Å². The molecule has 0 aromatic heterocycles. The normalized spacial score (nSPS) is 12.7. The minimum Gasteiger partial charge on any atom is -0.462 e. The van der Waals surface area contributed by atoms with E-state index in [1.807, 2.05) is 0 Å². The molecule has 6 heteroatoms. The predicted molar refractivity (Wildman–Crippen MR) is 325 cm³/mol. The Kier molecular flexibility index (Phi) is 59.8. The Morgan fingerprint density at radius 2 is 0.533 bits per heavy atom. The van der Waals surface area contributed by atoms with Gasteiger partial charge in [-0.15, -0.1) is 0 Å². The predicted octanol–water partition coefficient (Wildman–Crippen LogP) is 21.7. The zero-order valence-corrected chi connectivity index (χ0v) is 49.3. The molecule has 0 saturated heterocycles. The smallest absolute Gasteiger partial charge is 0.306 e. The molecule has 0 bridgehead atoms. The van der Waals surface area contributed by atoms with Gasteiger partial charge in [-0.2, -0.15) is 0 Å². The van der Waals surface area contributed by atoms with Gasteiger partial charge in [0.2, 0.25) is 0 Å². The van der Waals surface area contributed by atoms with E-state index in [1.165, 1.54) is 161 Å². The van der Waals surface area contributed by atoms with Crippen molar-refractivity contribution in [3.8, 4) is 0 Å². The first-order valence-corrected chi connectivity index (χ1v) is 31.7. The van der Waals surface area contributed by atoms with E-state index >= 15 is 0 Å². The molecule has 0 aliphatic carbocycles. The van der Waals surface area contributed by atoms with E-state index < -0.39 is 6.10 Å². The summed E-state index contributed by atoms with van der Waals surface area (Å²) in [5.41, 5.74) is 0.